The Hall–Kier alpha value is -4.07. The quantitative estimate of drug-likeness (QED) is 0.169. The van der Waals surface area contributed by atoms with Crippen molar-refractivity contribution < 1.29 is 14.8 Å². The van der Waals surface area contributed by atoms with Crippen LogP contribution < -0.4 is 9.88 Å². The van der Waals surface area contributed by atoms with Crippen LogP contribution in [-0.2, 0) is 10.8 Å². The second kappa shape index (κ2) is 8.86. The van der Waals surface area contributed by atoms with Crippen molar-refractivity contribution in [3.63, 3.8) is 0 Å². The number of H-pyrrole nitrogens is 1. The van der Waals surface area contributed by atoms with Crippen molar-refractivity contribution in [3.05, 3.63) is 92.7 Å². The smallest absolute Gasteiger partial charge is 0.291 e. The largest absolute Gasteiger partial charge is 0.507 e. The number of benzene rings is 3. The maximum absolute atomic E-state index is 11.6. The number of para-hydroxylation sites is 3. The van der Waals surface area contributed by atoms with Gasteiger partial charge in [0.15, 0.2) is 11.0 Å². The van der Waals surface area contributed by atoms with E-state index in [1.165, 1.54) is 5.56 Å². The van der Waals surface area contributed by atoms with Crippen LogP contribution in [0.3, 0.4) is 0 Å². The van der Waals surface area contributed by atoms with Gasteiger partial charge in [-0.05, 0) is 46.7 Å². The molecule has 0 spiro atoms. The molecule has 0 aliphatic carbocycles. The topological polar surface area (TPSA) is 118 Å². The molecule has 1 aliphatic heterocycles. The average Bonchev–Trinajstić information content (AvgIpc) is 3.17. The molecule has 2 heterocycles. The Morgan fingerprint density at radius 1 is 0.917 bits per heavy atom. The van der Waals surface area contributed by atoms with Gasteiger partial charge in [0, 0.05) is 5.56 Å². The number of phenolic OH excluding ortho intramolecular Hbond substituents is 1. The van der Waals surface area contributed by atoms with E-state index in [0.717, 1.165) is 39.2 Å². The van der Waals surface area contributed by atoms with E-state index < -0.39 is 5.09 Å². The first kappa shape index (κ1) is 25.0. The zero-order valence-electron chi connectivity index (χ0n) is 21.4. The fourth-order valence-electron chi connectivity index (χ4n) is 4.68. The normalized spacial score (nSPS) is 14.8. The van der Waals surface area contributed by atoms with Gasteiger partial charge in [-0.2, -0.15) is 4.57 Å². The Bertz CT molecular complexity index is 1440. The highest BCUT2D eigenvalue weighted by molar-refractivity contribution is 5.80. The molecular weight excluding hydrogens is 456 g/mol. The van der Waals surface area contributed by atoms with Gasteiger partial charge in [0.1, 0.15) is 5.75 Å². The van der Waals surface area contributed by atoms with Crippen molar-refractivity contribution in [2.45, 2.75) is 58.5 Å². The third-order valence-corrected chi connectivity index (χ3v) is 6.50. The highest BCUT2D eigenvalue weighted by Gasteiger charge is 2.37. The Balaban J connectivity index is 0.000000709. The minimum atomic E-state index is -1.75. The van der Waals surface area contributed by atoms with E-state index in [4.69, 9.17) is 15.3 Å². The number of nitrogens with zero attached hydrogens (tertiary/aromatic N) is 2. The van der Waals surface area contributed by atoms with Crippen molar-refractivity contribution in [2.75, 3.05) is 5.32 Å². The molecule has 3 N–H and O–H groups in total. The standard InChI is InChI=1S/C28H31N3O.NO3/c1-27(2,3)17-15-19(24(32)20(16-17)28(4,5)6)26-29-21-12-8-7-11-18(21)25-30-22-13-9-10-14-23(22)31(25)26;2-1(3)4/h7-16,26H,1-6H3,(H2,29,30,32);/q;-1/p+1/t26-;/m0./s1. The number of hydrogen-bond acceptors (Lipinski definition) is 5. The SMILES string of the molecule is CC(C)(C)c1cc([C@H]2Nc3ccccc3-c3[nH]c4ccccc4[n+]32)c(O)c(C(C)(C)C)c1.O=[N+]([O-])[O-]. The highest BCUT2D eigenvalue weighted by atomic mass is 16.9. The molecule has 4 aromatic rings. The van der Waals surface area contributed by atoms with Crippen LogP contribution in [0.15, 0.2) is 60.7 Å². The summed E-state index contributed by atoms with van der Waals surface area (Å²) in [7, 11) is 0. The highest BCUT2D eigenvalue weighted by Crippen LogP contribution is 2.42. The number of anilines is 1. The van der Waals surface area contributed by atoms with Crippen LogP contribution >= 0.6 is 0 Å². The van der Waals surface area contributed by atoms with Crippen molar-refractivity contribution in [2.24, 2.45) is 0 Å². The third-order valence-electron chi connectivity index (χ3n) is 6.50. The summed E-state index contributed by atoms with van der Waals surface area (Å²) >= 11 is 0. The van der Waals surface area contributed by atoms with Gasteiger partial charge in [-0.3, -0.25) is 0 Å². The molecular formula is C28H32N4O4. The van der Waals surface area contributed by atoms with Crippen LogP contribution in [0, 0.1) is 15.3 Å². The lowest BCUT2D eigenvalue weighted by atomic mass is 9.78. The van der Waals surface area contributed by atoms with Gasteiger partial charge in [-0.15, -0.1) is 0 Å². The molecule has 0 radical (unpaired) electrons. The van der Waals surface area contributed by atoms with Crippen molar-refractivity contribution in [1.29, 1.82) is 0 Å². The molecule has 1 atom stereocenters. The molecule has 0 saturated carbocycles. The van der Waals surface area contributed by atoms with E-state index in [-0.39, 0.29) is 17.0 Å². The molecule has 1 aliphatic rings. The van der Waals surface area contributed by atoms with Crippen LogP contribution in [-0.4, -0.2) is 15.2 Å². The summed E-state index contributed by atoms with van der Waals surface area (Å²) in [6, 6.07) is 21.0. The molecule has 5 rings (SSSR count). The third kappa shape index (κ3) is 4.58. The predicted octanol–water partition coefficient (Wildman–Crippen LogP) is 6.16. The van der Waals surface area contributed by atoms with Crippen LogP contribution in [0.2, 0.25) is 0 Å². The van der Waals surface area contributed by atoms with E-state index in [1.807, 2.05) is 6.07 Å². The summed E-state index contributed by atoms with van der Waals surface area (Å²) < 4.78 is 2.28. The summed E-state index contributed by atoms with van der Waals surface area (Å²) in [5, 5.41) is 30.1. The summed E-state index contributed by atoms with van der Waals surface area (Å²) in [5.41, 5.74) is 7.24. The van der Waals surface area contributed by atoms with Crippen molar-refractivity contribution in [1.82, 2.24) is 4.98 Å². The molecule has 0 unspecified atom stereocenters. The molecule has 0 saturated heterocycles. The second-order valence-electron chi connectivity index (χ2n) is 11.1. The first-order valence-electron chi connectivity index (χ1n) is 11.9. The monoisotopic (exact) mass is 488 g/mol. The maximum atomic E-state index is 11.6. The molecule has 0 amide bonds. The summed E-state index contributed by atoms with van der Waals surface area (Å²) in [4.78, 5) is 11.9. The molecule has 0 bridgehead atoms. The predicted molar refractivity (Wildman–Crippen MR) is 142 cm³/mol. The Morgan fingerprint density at radius 3 is 2.17 bits per heavy atom. The number of nitrogens with one attached hydrogen (secondary N) is 2. The molecule has 8 nitrogen and oxygen atoms in total. The zero-order valence-corrected chi connectivity index (χ0v) is 21.4. The molecule has 1 aromatic heterocycles. The van der Waals surface area contributed by atoms with Gasteiger partial charge >= 0.3 is 0 Å². The number of phenols is 1. The minimum absolute atomic E-state index is 0.0390. The van der Waals surface area contributed by atoms with Gasteiger partial charge in [-0.25, -0.2) is 4.98 Å². The fourth-order valence-corrected chi connectivity index (χ4v) is 4.68. The van der Waals surface area contributed by atoms with Crippen LogP contribution in [0.4, 0.5) is 5.69 Å². The lowest BCUT2D eigenvalue weighted by Crippen LogP contribution is -2.48. The maximum Gasteiger partial charge on any atom is 0.291 e. The number of imidazole rings is 1. The van der Waals surface area contributed by atoms with E-state index in [9.17, 15) is 5.11 Å². The van der Waals surface area contributed by atoms with E-state index >= 15 is 0 Å². The Labute approximate surface area is 210 Å². The van der Waals surface area contributed by atoms with Gasteiger partial charge in [-0.1, -0.05) is 71.9 Å². The molecule has 188 valence electrons. The number of aromatic hydroxyl groups is 1. The van der Waals surface area contributed by atoms with Crippen LogP contribution in [0.5, 0.6) is 5.75 Å². The summed E-state index contributed by atoms with van der Waals surface area (Å²) in [6.07, 6.45) is -0.237. The lowest BCUT2D eigenvalue weighted by Gasteiger charge is -2.31. The van der Waals surface area contributed by atoms with E-state index in [2.05, 4.69) is 111 Å². The lowest BCUT2D eigenvalue weighted by molar-refractivity contribution is -0.673. The first-order chi connectivity index (χ1) is 16.8. The van der Waals surface area contributed by atoms with E-state index in [0.29, 0.717) is 5.75 Å². The van der Waals surface area contributed by atoms with Crippen LogP contribution in [0.25, 0.3) is 22.4 Å². The van der Waals surface area contributed by atoms with Crippen molar-refractivity contribution >= 4 is 16.7 Å². The summed E-state index contributed by atoms with van der Waals surface area (Å²) in [5.74, 6) is 1.41. The number of rotatable bonds is 1. The molecule has 36 heavy (non-hydrogen) atoms. The van der Waals surface area contributed by atoms with Gasteiger partial charge in [0.25, 0.3) is 5.82 Å². The number of fused-ring (bicyclic) bond motifs is 5. The second-order valence-corrected chi connectivity index (χ2v) is 11.1. The fraction of sp³-hybridized carbons (Fsp3) is 0.321. The number of aromatic nitrogens is 2. The molecule has 8 heteroatoms. The zero-order chi connectivity index (χ0) is 26.4. The minimum Gasteiger partial charge on any atom is -0.507 e. The Morgan fingerprint density at radius 2 is 1.53 bits per heavy atom. The first-order valence-corrected chi connectivity index (χ1v) is 11.9. The molecule has 3 aromatic carbocycles. The van der Waals surface area contributed by atoms with Crippen LogP contribution in [0.1, 0.15) is 64.4 Å². The van der Waals surface area contributed by atoms with Gasteiger partial charge < -0.3 is 25.7 Å². The average molecular weight is 489 g/mol. The molecule has 0 fully saturated rings. The summed E-state index contributed by atoms with van der Waals surface area (Å²) in [6.45, 7) is 13.2. The Kier molecular flexibility index (Phi) is 6.16. The van der Waals surface area contributed by atoms with E-state index in [1.54, 1.807) is 0 Å². The van der Waals surface area contributed by atoms with Gasteiger partial charge in [0.2, 0.25) is 6.17 Å². The van der Waals surface area contributed by atoms with Gasteiger partial charge in [0.05, 0.1) is 21.9 Å². The van der Waals surface area contributed by atoms with Crippen molar-refractivity contribution in [3.8, 4) is 17.1 Å². The number of hydrogen-bond donors (Lipinski definition) is 3. The number of aromatic amines is 1.